The predicted molar refractivity (Wildman–Crippen MR) is 116 cm³/mol. The number of ether oxygens (including phenoxy) is 2. The summed E-state index contributed by atoms with van der Waals surface area (Å²) in [6.07, 6.45) is 0.580. The molecule has 1 fully saturated rings. The lowest BCUT2D eigenvalue weighted by Gasteiger charge is -2.23. The smallest absolute Gasteiger partial charge is 0.408 e. The Morgan fingerprint density at radius 2 is 1.65 bits per heavy atom. The highest BCUT2D eigenvalue weighted by atomic mass is 16.6. The third-order valence-electron chi connectivity index (χ3n) is 4.98. The third kappa shape index (κ3) is 5.63. The van der Waals surface area contributed by atoms with E-state index in [4.69, 9.17) is 9.47 Å². The van der Waals surface area contributed by atoms with Crippen molar-refractivity contribution in [3.8, 4) is 11.1 Å². The van der Waals surface area contributed by atoms with E-state index >= 15 is 0 Å². The molecule has 1 saturated carbocycles. The lowest BCUT2D eigenvalue weighted by atomic mass is 9.98. The van der Waals surface area contributed by atoms with Gasteiger partial charge in [-0.1, -0.05) is 42.5 Å². The molecule has 1 aliphatic carbocycles. The van der Waals surface area contributed by atoms with Crippen molar-refractivity contribution in [2.45, 2.75) is 51.3 Å². The number of carbonyl (C=O) groups excluding carboxylic acids is 3. The predicted octanol–water partition coefficient (Wildman–Crippen LogP) is 3.81. The first-order valence-electron chi connectivity index (χ1n) is 10.2. The zero-order chi connectivity index (χ0) is 22.6. The highest BCUT2D eigenvalue weighted by Gasteiger charge is 2.51. The Bertz CT molecular complexity index is 972. The Kier molecular flexibility index (Phi) is 6.34. The molecule has 0 heterocycles. The number of esters is 1. The second-order valence-electron chi connectivity index (χ2n) is 8.63. The molecule has 0 aromatic heterocycles. The molecule has 164 valence electrons. The molecule has 31 heavy (non-hydrogen) atoms. The van der Waals surface area contributed by atoms with Crippen LogP contribution in [0.3, 0.4) is 0 Å². The molecule has 2 N–H and O–H groups in total. The first-order chi connectivity index (χ1) is 14.6. The van der Waals surface area contributed by atoms with Gasteiger partial charge in [-0.2, -0.15) is 0 Å². The van der Waals surface area contributed by atoms with Crippen LogP contribution in [0, 0.1) is 0 Å². The van der Waals surface area contributed by atoms with E-state index in [2.05, 4.69) is 10.6 Å². The molecule has 0 saturated heterocycles. The molecule has 0 spiro atoms. The van der Waals surface area contributed by atoms with Gasteiger partial charge in [0, 0.05) is 6.54 Å². The highest BCUT2D eigenvalue weighted by molar-refractivity contribution is 5.97. The van der Waals surface area contributed by atoms with Crippen molar-refractivity contribution in [2.75, 3.05) is 7.11 Å². The van der Waals surface area contributed by atoms with Crippen LogP contribution in [0.4, 0.5) is 4.79 Å². The monoisotopic (exact) mass is 424 g/mol. The highest BCUT2D eigenvalue weighted by Crippen LogP contribution is 2.36. The largest absolute Gasteiger partial charge is 0.465 e. The van der Waals surface area contributed by atoms with Gasteiger partial charge in [0.2, 0.25) is 5.91 Å². The van der Waals surface area contributed by atoms with E-state index in [-0.39, 0.29) is 11.9 Å². The van der Waals surface area contributed by atoms with E-state index in [9.17, 15) is 14.4 Å². The summed E-state index contributed by atoms with van der Waals surface area (Å²) in [5.41, 5.74) is 1.55. The second-order valence-corrected chi connectivity index (χ2v) is 8.63. The third-order valence-corrected chi connectivity index (χ3v) is 4.98. The Morgan fingerprint density at radius 1 is 1.00 bits per heavy atom. The summed E-state index contributed by atoms with van der Waals surface area (Å²) >= 11 is 0. The number of hydrogen-bond donors (Lipinski definition) is 2. The number of nitrogens with one attached hydrogen (secondary N) is 2. The zero-order valence-electron chi connectivity index (χ0n) is 18.3. The van der Waals surface area contributed by atoms with Crippen LogP contribution in [0.2, 0.25) is 0 Å². The van der Waals surface area contributed by atoms with Gasteiger partial charge in [0.15, 0.2) is 0 Å². The molecule has 0 atom stereocenters. The number of rotatable bonds is 6. The minimum atomic E-state index is -0.887. The molecular formula is C24H28N2O5. The molecule has 1 aliphatic rings. The van der Waals surface area contributed by atoms with Gasteiger partial charge in [0.05, 0.1) is 12.7 Å². The van der Waals surface area contributed by atoms with E-state index in [0.717, 1.165) is 16.7 Å². The van der Waals surface area contributed by atoms with Crippen molar-refractivity contribution in [2.24, 2.45) is 0 Å². The van der Waals surface area contributed by atoms with Crippen molar-refractivity contribution in [3.05, 3.63) is 59.7 Å². The molecule has 0 bridgehead atoms. The molecule has 2 amide bonds. The van der Waals surface area contributed by atoms with Crippen LogP contribution >= 0.6 is 0 Å². The van der Waals surface area contributed by atoms with Crippen LogP contribution < -0.4 is 10.6 Å². The second kappa shape index (κ2) is 8.79. The summed E-state index contributed by atoms with van der Waals surface area (Å²) in [5, 5.41) is 5.58. The zero-order valence-corrected chi connectivity index (χ0v) is 18.3. The van der Waals surface area contributed by atoms with Crippen molar-refractivity contribution in [1.82, 2.24) is 10.6 Å². The van der Waals surface area contributed by atoms with Gasteiger partial charge in [0.25, 0.3) is 0 Å². The minimum absolute atomic E-state index is 0.224. The van der Waals surface area contributed by atoms with Gasteiger partial charge >= 0.3 is 12.1 Å². The van der Waals surface area contributed by atoms with Crippen LogP contribution in [0.1, 0.15) is 49.5 Å². The summed E-state index contributed by atoms with van der Waals surface area (Å²) in [6.45, 7) is 5.66. The van der Waals surface area contributed by atoms with E-state index in [1.54, 1.807) is 32.9 Å². The SMILES string of the molecule is COC(=O)c1ccccc1-c1ccc(CNC(=O)C2(NC(=O)OC(C)(C)C)CC2)cc1. The number of methoxy groups -OCH3 is 1. The fraction of sp³-hybridized carbons (Fsp3) is 0.375. The number of carbonyl (C=O) groups is 3. The fourth-order valence-corrected chi connectivity index (χ4v) is 3.21. The number of hydrogen-bond acceptors (Lipinski definition) is 5. The van der Waals surface area contributed by atoms with E-state index < -0.39 is 17.2 Å². The van der Waals surface area contributed by atoms with Crippen molar-refractivity contribution >= 4 is 18.0 Å². The summed E-state index contributed by atoms with van der Waals surface area (Å²) < 4.78 is 10.1. The summed E-state index contributed by atoms with van der Waals surface area (Å²) in [5.74, 6) is -0.613. The molecule has 7 nitrogen and oxygen atoms in total. The summed E-state index contributed by atoms with van der Waals surface area (Å²) in [6, 6.07) is 14.8. The van der Waals surface area contributed by atoms with E-state index in [1.807, 2.05) is 36.4 Å². The lowest BCUT2D eigenvalue weighted by molar-refractivity contribution is -0.124. The molecule has 2 aromatic carbocycles. The maximum atomic E-state index is 12.6. The molecule has 0 aliphatic heterocycles. The van der Waals surface area contributed by atoms with Gasteiger partial charge in [0.1, 0.15) is 11.1 Å². The number of alkyl carbamates (subject to hydrolysis) is 1. The average molecular weight is 424 g/mol. The van der Waals surface area contributed by atoms with Gasteiger partial charge in [-0.3, -0.25) is 4.79 Å². The maximum Gasteiger partial charge on any atom is 0.408 e. The summed E-state index contributed by atoms with van der Waals surface area (Å²) in [7, 11) is 1.36. The standard InChI is InChI=1S/C24H28N2O5/c1-23(2,3)31-22(29)26-24(13-14-24)21(28)25-15-16-9-11-17(12-10-16)18-7-5-6-8-19(18)20(27)30-4/h5-12H,13-15H2,1-4H3,(H,25,28)(H,26,29). The summed E-state index contributed by atoms with van der Waals surface area (Å²) in [4.78, 5) is 36.6. The van der Waals surface area contributed by atoms with Gasteiger partial charge in [-0.15, -0.1) is 0 Å². The topological polar surface area (TPSA) is 93.7 Å². The molecule has 0 unspecified atom stereocenters. The van der Waals surface area contributed by atoms with E-state index in [0.29, 0.717) is 24.9 Å². The van der Waals surface area contributed by atoms with Gasteiger partial charge in [-0.25, -0.2) is 9.59 Å². The Hall–Kier alpha value is -3.35. The molecular weight excluding hydrogens is 396 g/mol. The fourth-order valence-electron chi connectivity index (χ4n) is 3.21. The molecule has 7 heteroatoms. The first-order valence-corrected chi connectivity index (χ1v) is 10.2. The Morgan fingerprint density at radius 3 is 2.23 bits per heavy atom. The van der Waals surface area contributed by atoms with Crippen molar-refractivity contribution < 1.29 is 23.9 Å². The van der Waals surface area contributed by atoms with Gasteiger partial charge in [-0.05, 0) is 56.4 Å². The molecule has 0 radical (unpaired) electrons. The lowest BCUT2D eigenvalue weighted by Crippen LogP contribution is -2.50. The maximum absolute atomic E-state index is 12.6. The van der Waals surface area contributed by atoms with Crippen molar-refractivity contribution in [3.63, 3.8) is 0 Å². The van der Waals surface area contributed by atoms with Crippen LogP contribution in [0.5, 0.6) is 0 Å². The van der Waals surface area contributed by atoms with Crippen LogP contribution in [-0.4, -0.2) is 36.2 Å². The van der Waals surface area contributed by atoms with Gasteiger partial charge < -0.3 is 20.1 Å². The Balaban J connectivity index is 1.61. The van der Waals surface area contributed by atoms with Crippen LogP contribution in [-0.2, 0) is 20.8 Å². The first kappa shape index (κ1) is 22.3. The number of benzene rings is 2. The van der Waals surface area contributed by atoms with Crippen molar-refractivity contribution in [1.29, 1.82) is 0 Å². The quantitative estimate of drug-likeness (QED) is 0.688. The van der Waals surface area contributed by atoms with E-state index in [1.165, 1.54) is 7.11 Å². The van der Waals surface area contributed by atoms with Crippen LogP contribution in [0.15, 0.2) is 48.5 Å². The number of amides is 2. The Labute approximate surface area is 182 Å². The molecule has 2 aromatic rings. The normalized spacial score (nSPS) is 14.3. The average Bonchev–Trinajstić information content (AvgIpc) is 3.51. The minimum Gasteiger partial charge on any atom is -0.465 e. The molecule has 3 rings (SSSR count). The van der Waals surface area contributed by atoms with Crippen LogP contribution in [0.25, 0.3) is 11.1 Å².